The molecule has 6 N–H and O–H groups in total. The van der Waals surface area contributed by atoms with Crippen LogP contribution in [0.1, 0.15) is 70.2 Å². The molecule has 16 heteroatoms. The van der Waals surface area contributed by atoms with Crippen LogP contribution in [0.4, 0.5) is 0 Å². The summed E-state index contributed by atoms with van der Waals surface area (Å²) >= 11 is 0. The monoisotopic (exact) mass is 713 g/mol. The summed E-state index contributed by atoms with van der Waals surface area (Å²) in [5.41, 5.74) is 1.91. The maximum atomic E-state index is 13.9. The molecule has 1 aromatic carbocycles. The Morgan fingerprint density at radius 3 is 2.31 bits per heavy atom. The molecule has 1 aliphatic rings. The molecule has 0 saturated carbocycles. The Morgan fingerprint density at radius 2 is 1.75 bits per heavy atom. The third-order valence-electron chi connectivity index (χ3n) is 8.54. The minimum atomic E-state index is -1.17. The number of aromatic nitrogens is 3. The van der Waals surface area contributed by atoms with Crippen LogP contribution in [0.2, 0.25) is 0 Å². The van der Waals surface area contributed by atoms with Crippen LogP contribution in [0, 0.1) is 12.8 Å². The van der Waals surface area contributed by atoms with Gasteiger partial charge in [0.15, 0.2) is 0 Å². The highest BCUT2D eigenvalue weighted by molar-refractivity contribution is 5.95. The van der Waals surface area contributed by atoms with Gasteiger partial charge in [0, 0.05) is 25.6 Å². The number of carbonyl (C=O) groups is 6. The number of carboxylic acids is 1. The lowest BCUT2D eigenvalue weighted by atomic mass is 10.0. The summed E-state index contributed by atoms with van der Waals surface area (Å²) in [4.78, 5) is 76.3. The summed E-state index contributed by atoms with van der Waals surface area (Å²) in [7, 11) is 3.42. The first-order chi connectivity index (χ1) is 24.3. The molecule has 3 rings (SSSR count). The van der Waals surface area contributed by atoms with Crippen LogP contribution in [0.5, 0.6) is 0 Å². The highest BCUT2D eigenvalue weighted by Crippen LogP contribution is 2.29. The number of likely N-dealkylation sites (tertiary alicyclic amines) is 1. The van der Waals surface area contributed by atoms with Crippen LogP contribution in [-0.2, 0) is 35.2 Å². The van der Waals surface area contributed by atoms with Crippen LogP contribution in [0.25, 0.3) is 0 Å². The Kier molecular flexibility index (Phi) is 18.5. The SMILES string of the molecule is CNCCCCC(NC(=O)CNC(=O)C1CC(n2cc(CCC=O)nn2)CN1C(=O)C(NC(=O)C(C)NC)C(C)C)C(=O)O.Cc1ccccc1. The van der Waals surface area contributed by atoms with Gasteiger partial charge in [0.25, 0.3) is 0 Å². The van der Waals surface area contributed by atoms with Gasteiger partial charge in [-0.2, -0.15) is 0 Å². The Bertz CT molecular complexity index is 1420. The summed E-state index contributed by atoms with van der Waals surface area (Å²) in [6.45, 7) is 7.65. The standard InChI is InChI=1S/C28H47N9O7.C7H8/c1-17(2)24(33-25(40)18(3)30-5)27(42)36-16-20(37-15-19(34-35-37)9-8-12-38)13-22(36)26(41)31-14-23(39)32-21(28(43)44)10-6-7-11-29-4;1-7-5-3-2-4-6-7/h12,15,17-18,20-22,24,29-30H,6-11,13-14,16H2,1-5H3,(H,31,41)(H,32,39)(H,33,40)(H,43,44);2-6H,1H3. The molecule has 1 saturated heterocycles. The number of nitrogens with zero attached hydrogens (tertiary/aromatic N) is 4. The van der Waals surface area contributed by atoms with Crippen molar-refractivity contribution in [1.82, 2.24) is 46.5 Å². The highest BCUT2D eigenvalue weighted by Gasteiger charge is 2.44. The van der Waals surface area contributed by atoms with Crippen molar-refractivity contribution < 1.29 is 33.9 Å². The number of hydrogen-bond donors (Lipinski definition) is 6. The van der Waals surface area contributed by atoms with Gasteiger partial charge in [-0.15, -0.1) is 5.10 Å². The molecule has 2 heterocycles. The quantitative estimate of drug-likeness (QED) is 0.0864. The summed E-state index contributed by atoms with van der Waals surface area (Å²) in [5, 5.41) is 31.3. The number of aldehydes is 1. The van der Waals surface area contributed by atoms with Crippen molar-refractivity contribution in [2.45, 2.75) is 96.4 Å². The second-order valence-electron chi connectivity index (χ2n) is 13.0. The molecule has 2 aromatic rings. The number of benzene rings is 1. The first-order valence-electron chi connectivity index (χ1n) is 17.4. The zero-order valence-electron chi connectivity index (χ0n) is 30.6. The van der Waals surface area contributed by atoms with Crippen molar-refractivity contribution in [3.05, 3.63) is 47.8 Å². The van der Waals surface area contributed by atoms with Gasteiger partial charge < -0.3 is 41.4 Å². The largest absolute Gasteiger partial charge is 0.480 e. The topological polar surface area (TPSA) is 217 Å². The minimum Gasteiger partial charge on any atom is -0.480 e. The van der Waals surface area contributed by atoms with E-state index in [1.54, 1.807) is 45.7 Å². The second kappa shape index (κ2) is 22.2. The van der Waals surface area contributed by atoms with Gasteiger partial charge >= 0.3 is 5.97 Å². The molecule has 0 radical (unpaired) electrons. The van der Waals surface area contributed by atoms with E-state index in [4.69, 9.17) is 0 Å². The Hall–Kier alpha value is -4.70. The van der Waals surface area contributed by atoms with Crippen LogP contribution in [0.15, 0.2) is 36.5 Å². The van der Waals surface area contributed by atoms with E-state index < -0.39 is 60.4 Å². The molecule has 5 atom stereocenters. The molecule has 0 bridgehead atoms. The third-order valence-corrected chi connectivity index (χ3v) is 8.54. The van der Waals surface area contributed by atoms with Gasteiger partial charge in [0.2, 0.25) is 23.6 Å². The van der Waals surface area contributed by atoms with Crippen LogP contribution >= 0.6 is 0 Å². The van der Waals surface area contributed by atoms with Crippen molar-refractivity contribution in [2.24, 2.45) is 5.92 Å². The summed E-state index contributed by atoms with van der Waals surface area (Å²) < 4.78 is 1.55. The summed E-state index contributed by atoms with van der Waals surface area (Å²) in [5.74, 6) is -3.57. The molecule has 0 spiro atoms. The van der Waals surface area contributed by atoms with Gasteiger partial charge in [0.05, 0.1) is 24.3 Å². The highest BCUT2D eigenvalue weighted by atomic mass is 16.4. The minimum absolute atomic E-state index is 0.0912. The number of unbranched alkanes of at least 4 members (excludes halogenated alkanes) is 1. The zero-order chi connectivity index (χ0) is 37.9. The fourth-order valence-electron chi connectivity index (χ4n) is 5.38. The lowest BCUT2D eigenvalue weighted by Crippen LogP contribution is -2.57. The van der Waals surface area contributed by atoms with Crippen LogP contribution < -0.4 is 26.6 Å². The summed E-state index contributed by atoms with van der Waals surface area (Å²) in [6, 6.07) is 6.26. The number of hydrogen-bond acceptors (Lipinski definition) is 10. The van der Waals surface area contributed by atoms with Crippen molar-refractivity contribution >= 4 is 35.9 Å². The molecular weight excluding hydrogens is 658 g/mol. The van der Waals surface area contributed by atoms with E-state index in [0.29, 0.717) is 18.5 Å². The number of amides is 4. The zero-order valence-corrected chi connectivity index (χ0v) is 30.6. The number of nitrogens with one attached hydrogen (secondary N) is 5. The maximum absolute atomic E-state index is 13.9. The molecule has 0 aliphatic carbocycles. The van der Waals surface area contributed by atoms with Crippen LogP contribution in [-0.4, -0.2) is 119 Å². The fourth-order valence-corrected chi connectivity index (χ4v) is 5.38. The smallest absolute Gasteiger partial charge is 0.326 e. The molecule has 5 unspecified atom stereocenters. The number of carbonyl (C=O) groups excluding carboxylic acids is 5. The van der Waals surface area contributed by atoms with E-state index in [2.05, 4.69) is 56.0 Å². The predicted octanol–water partition coefficient (Wildman–Crippen LogP) is 0.371. The average molecular weight is 714 g/mol. The second-order valence-corrected chi connectivity index (χ2v) is 13.0. The Labute approximate surface area is 299 Å². The molecule has 282 valence electrons. The Morgan fingerprint density at radius 1 is 1.04 bits per heavy atom. The molecule has 1 aliphatic heterocycles. The van der Waals surface area contributed by atoms with Gasteiger partial charge in [-0.1, -0.05) is 55.0 Å². The van der Waals surface area contributed by atoms with E-state index >= 15 is 0 Å². The van der Waals surface area contributed by atoms with Crippen molar-refractivity contribution in [1.29, 1.82) is 0 Å². The predicted molar refractivity (Wildman–Crippen MR) is 190 cm³/mol. The third kappa shape index (κ3) is 14.2. The molecule has 4 amide bonds. The number of rotatable bonds is 19. The lowest BCUT2D eigenvalue weighted by Gasteiger charge is -2.31. The number of likely N-dealkylation sites (N-methyl/N-ethyl adjacent to an activating group) is 1. The first-order valence-corrected chi connectivity index (χ1v) is 17.4. The van der Waals surface area contributed by atoms with E-state index in [-0.39, 0.29) is 37.6 Å². The van der Waals surface area contributed by atoms with Crippen molar-refractivity contribution in [3.63, 3.8) is 0 Å². The lowest BCUT2D eigenvalue weighted by molar-refractivity contribution is -0.143. The molecule has 16 nitrogen and oxygen atoms in total. The molecule has 1 aromatic heterocycles. The van der Waals surface area contributed by atoms with Crippen molar-refractivity contribution in [3.8, 4) is 0 Å². The number of aliphatic carboxylic acids is 1. The van der Waals surface area contributed by atoms with E-state index in [9.17, 15) is 33.9 Å². The van der Waals surface area contributed by atoms with Gasteiger partial charge in [-0.25, -0.2) is 9.48 Å². The van der Waals surface area contributed by atoms with Gasteiger partial charge in [-0.05, 0) is 66.1 Å². The summed E-state index contributed by atoms with van der Waals surface area (Å²) in [6.07, 6.45) is 4.86. The normalized spacial score (nSPS) is 17.0. The average Bonchev–Trinajstić information content (AvgIpc) is 3.77. The van der Waals surface area contributed by atoms with Crippen molar-refractivity contribution in [2.75, 3.05) is 33.7 Å². The number of carboxylic acid groups (broad SMARTS) is 1. The number of aryl methyl sites for hydroxylation is 2. The van der Waals surface area contributed by atoms with Crippen LogP contribution in [0.3, 0.4) is 0 Å². The van der Waals surface area contributed by atoms with E-state index in [1.165, 1.54) is 10.5 Å². The van der Waals surface area contributed by atoms with E-state index in [0.717, 1.165) is 19.3 Å². The molecule has 51 heavy (non-hydrogen) atoms. The molecular formula is C35H55N9O7. The van der Waals surface area contributed by atoms with E-state index in [1.807, 2.05) is 18.2 Å². The fraction of sp³-hybridized carbons (Fsp3) is 0.600. The van der Waals surface area contributed by atoms with Gasteiger partial charge in [0.1, 0.15) is 24.4 Å². The first kappa shape index (κ1) is 42.5. The van der Waals surface area contributed by atoms with Gasteiger partial charge in [-0.3, -0.25) is 19.2 Å². The maximum Gasteiger partial charge on any atom is 0.326 e. The Balaban J connectivity index is 0.00000114. The molecule has 1 fully saturated rings.